The van der Waals surface area contributed by atoms with E-state index in [1.54, 1.807) is 18.3 Å². The fourth-order valence-electron chi connectivity index (χ4n) is 5.23. The lowest BCUT2D eigenvalue weighted by Crippen LogP contribution is -2.49. The predicted molar refractivity (Wildman–Crippen MR) is 172 cm³/mol. The number of hydrogen-bond acceptors (Lipinski definition) is 10. The van der Waals surface area contributed by atoms with E-state index in [0.29, 0.717) is 18.8 Å². The van der Waals surface area contributed by atoms with E-state index in [2.05, 4.69) is 20.8 Å². The number of aliphatic carboxylic acids is 1. The molecule has 248 valence electrons. The molecular formula is C30H30Cl2N6O8S. The maximum atomic E-state index is 13.3. The number of nitrogens with zero attached hydrogens (tertiary/aromatic N) is 3. The van der Waals surface area contributed by atoms with Gasteiger partial charge in [-0.3, -0.25) is 14.5 Å². The number of carboxylic acid groups (broad SMARTS) is 1. The van der Waals surface area contributed by atoms with Crippen LogP contribution in [0.1, 0.15) is 18.4 Å². The second kappa shape index (κ2) is 14.5. The van der Waals surface area contributed by atoms with Gasteiger partial charge in [-0.25, -0.2) is 18.2 Å². The van der Waals surface area contributed by atoms with Gasteiger partial charge in [0.25, 0.3) is 5.91 Å². The number of hydrogen-bond donors (Lipinski definition) is 4. The number of halogens is 2. The number of ether oxygens (including phenoxy) is 1. The van der Waals surface area contributed by atoms with Crippen molar-refractivity contribution in [3.8, 4) is 0 Å². The normalized spacial score (nSPS) is 19.5. The maximum absolute atomic E-state index is 13.3. The number of benzene rings is 2. The number of oxime groups is 1. The molecule has 0 saturated carbocycles. The van der Waals surface area contributed by atoms with Gasteiger partial charge in [-0.15, -0.1) is 0 Å². The standard InChI is InChI=1S/C30H30Cl2N6O8S/c31-21-9-6-10-22(32)26(21)47(43,44)37-24(28(40)41)16-35-27(39)23-14-30(46-36-23)13-20(15-34-25-11-4-5-12-33-25)38(18-30)29(42)45-17-19-7-2-1-3-8-19/h1-12,20,24,37H,13-18H2,(H,33,34)(H,35,39)(H,40,41)/t20?,24-,30?/m0/s1. The van der Waals surface area contributed by atoms with Crippen molar-refractivity contribution in [2.24, 2.45) is 5.16 Å². The lowest BCUT2D eigenvalue weighted by molar-refractivity contribution is -0.138. The van der Waals surface area contributed by atoms with E-state index in [4.69, 9.17) is 32.8 Å². The van der Waals surface area contributed by atoms with Gasteiger partial charge in [-0.05, 0) is 29.8 Å². The zero-order chi connectivity index (χ0) is 33.6. The molecule has 17 heteroatoms. The molecule has 1 fully saturated rings. The van der Waals surface area contributed by atoms with E-state index < -0.39 is 57.1 Å². The van der Waals surface area contributed by atoms with Gasteiger partial charge in [0.2, 0.25) is 10.0 Å². The number of aromatic nitrogens is 1. The van der Waals surface area contributed by atoms with E-state index in [9.17, 15) is 27.9 Å². The van der Waals surface area contributed by atoms with Crippen LogP contribution < -0.4 is 15.4 Å². The summed E-state index contributed by atoms with van der Waals surface area (Å²) in [7, 11) is -4.48. The van der Waals surface area contributed by atoms with Crippen molar-refractivity contribution in [3.63, 3.8) is 0 Å². The maximum Gasteiger partial charge on any atom is 0.410 e. The highest BCUT2D eigenvalue weighted by Crippen LogP contribution is 2.38. The molecule has 1 spiro atoms. The fraction of sp³-hybridized carbons (Fsp3) is 0.300. The number of pyridine rings is 1. The van der Waals surface area contributed by atoms with Gasteiger partial charge in [0.05, 0.1) is 22.6 Å². The molecule has 3 heterocycles. The number of amides is 2. The number of carbonyl (C=O) groups is 3. The highest BCUT2D eigenvalue weighted by Gasteiger charge is 2.52. The van der Waals surface area contributed by atoms with E-state index in [-0.39, 0.29) is 35.3 Å². The van der Waals surface area contributed by atoms with Gasteiger partial charge in [0, 0.05) is 32.1 Å². The van der Waals surface area contributed by atoms with Gasteiger partial charge in [0.15, 0.2) is 5.60 Å². The molecule has 0 bridgehead atoms. The van der Waals surface area contributed by atoms with E-state index >= 15 is 0 Å². The Labute approximate surface area is 280 Å². The number of anilines is 1. The number of carboxylic acids is 1. The fourth-order valence-corrected chi connectivity index (χ4v) is 7.56. The minimum atomic E-state index is -4.48. The van der Waals surface area contributed by atoms with Crippen LogP contribution >= 0.6 is 23.2 Å². The predicted octanol–water partition coefficient (Wildman–Crippen LogP) is 3.27. The van der Waals surface area contributed by atoms with Crippen LogP contribution in [0, 0.1) is 0 Å². The van der Waals surface area contributed by atoms with E-state index in [0.717, 1.165) is 5.56 Å². The molecule has 2 aliphatic heterocycles. The van der Waals surface area contributed by atoms with Crippen molar-refractivity contribution in [1.82, 2.24) is 19.9 Å². The molecule has 2 aliphatic rings. The molecule has 14 nitrogen and oxygen atoms in total. The van der Waals surface area contributed by atoms with E-state index in [1.165, 1.54) is 23.1 Å². The SMILES string of the molecule is O=C(NC[C@H](NS(=O)(=O)c1c(Cl)cccc1Cl)C(=O)O)C1=NOC2(C1)CC(CNc1ccccn1)N(C(=O)OCc1ccccc1)C2. The molecule has 2 amide bonds. The van der Waals surface area contributed by atoms with Gasteiger partial charge < -0.3 is 25.3 Å². The second-order valence-electron chi connectivity index (χ2n) is 10.9. The Bertz CT molecular complexity index is 1750. The third-order valence-corrected chi connectivity index (χ3v) is 9.91. The van der Waals surface area contributed by atoms with Gasteiger partial charge in [0.1, 0.15) is 29.1 Å². The highest BCUT2D eigenvalue weighted by molar-refractivity contribution is 7.89. The molecule has 1 aromatic heterocycles. The summed E-state index contributed by atoms with van der Waals surface area (Å²) in [5, 5.41) is 18.8. The van der Waals surface area contributed by atoms with Crippen LogP contribution in [0.3, 0.4) is 0 Å². The molecule has 47 heavy (non-hydrogen) atoms. The minimum Gasteiger partial charge on any atom is -0.480 e. The van der Waals surface area contributed by atoms with Crippen molar-refractivity contribution in [1.29, 1.82) is 0 Å². The van der Waals surface area contributed by atoms with Crippen LogP contribution in [-0.4, -0.2) is 84.4 Å². The van der Waals surface area contributed by atoms with Crippen molar-refractivity contribution in [2.45, 2.75) is 42.0 Å². The zero-order valence-corrected chi connectivity index (χ0v) is 27.0. The topological polar surface area (TPSA) is 189 Å². The lowest BCUT2D eigenvalue weighted by atomic mass is 9.94. The van der Waals surface area contributed by atoms with Gasteiger partial charge in [-0.2, -0.15) is 4.72 Å². The summed E-state index contributed by atoms with van der Waals surface area (Å²) in [6.45, 7) is -0.201. The molecule has 0 radical (unpaired) electrons. The first-order valence-corrected chi connectivity index (χ1v) is 16.5. The summed E-state index contributed by atoms with van der Waals surface area (Å²) in [5.74, 6) is -1.71. The van der Waals surface area contributed by atoms with Crippen molar-refractivity contribution >= 4 is 62.7 Å². The van der Waals surface area contributed by atoms with Gasteiger partial charge in [-0.1, -0.05) is 70.8 Å². The van der Waals surface area contributed by atoms with Crippen LogP contribution in [0.2, 0.25) is 10.0 Å². The summed E-state index contributed by atoms with van der Waals surface area (Å²) >= 11 is 12.0. The Balaban J connectivity index is 1.22. The number of likely N-dealkylation sites (tertiary alicyclic amines) is 1. The van der Waals surface area contributed by atoms with Crippen molar-refractivity contribution in [3.05, 3.63) is 88.5 Å². The molecule has 2 aromatic carbocycles. The summed E-state index contributed by atoms with van der Waals surface area (Å²) in [5.41, 5.74) is -0.292. The Morgan fingerprint density at radius 2 is 1.79 bits per heavy atom. The third-order valence-electron chi connectivity index (χ3n) is 7.48. The summed E-state index contributed by atoms with van der Waals surface area (Å²) in [6.07, 6.45) is 1.36. The summed E-state index contributed by atoms with van der Waals surface area (Å²) < 4.78 is 33.4. The molecule has 4 N–H and O–H groups in total. The van der Waals surface area contributed by atoms with Crippen LogP contribution in [0.4, 0.5) is 10.6 Å². The van der Waals surface area contributed by atoms with E-state index in [1.807, 2.05) is 41.1 Å². The Morgan fingerprint density at radius 1 is 1.06 bits per heavy atom. The Hall–Kier alpha value is -4.44. The summed E-state index contributed by atoms with van der Waals surface area (Å²) in [4.78, 5) is 49.3. The number of rotatable bonds is 12. The van der Waals surface area contributed by atoms with Gasteiger partial charge >= 0.3 is 12.1 Å². The molecule has 5 rings (SSSR count). The molecule has 3 atom stereocenters. The first-order valence-electron chi connectivity index (χ1n) is 14.3. The van der Waals surface area contributed by atoms with Crippen LogP contribution in [-0.2, 0) is 35.8 Å². The molecule has 3 aromatic rings. The number of carbonyl (C=O) groups excluding carboxylic acids is 2. The molecular weight excluding hydrogens is 675 g/mol. The minimum absolute atomic E-state index is 0.0000814. The molecule has 1 saturated heterocycles. The molecule has 2 unspecified atom stereocenters. The third kappa shape index (κ3) is 8.29. The Kier molecular flexibility index (Phi) is 10.5. The monoisotopic (exact) mass is 704 g/mol. The zero-order valence-electron chi connectivity index (χ0n) is 24.6. The number of sulfonamides is 1. The lowest BCUT2D eigenvalue weighted by Gasteiger charge is -2.24. The number of nitrogens with one attached hydrogen (secondary N) is 3. The van der Waals surface area contributed by atoms with Crippen LogP contribution in [0.15, 0.2) is 83.0 Å². The quantitative estimate of drug-likeness (QED) is 0.218. The van der Waals surface area contributed by atoms with Crippen LogP contribution in [0.25, 0.3) is 0 Å². The summed E-state index contributed by atoms with van der Waals surface area (Å²) in [6, 6.07) is 16.4. The molecule has 0 aliphatic carbocycles. The second-order valence-corrected chi connectivity index (χ2v) is 13.3. The first-order chi connectivity index (χ1) is 22.5. The average Bonchev–Trinajstić information content (AvgIpc) is 3.64. The Morgan fingerprint density at radius 3 is 2.47 bits per heavy atom. The highest BCUT2D eigenvalue weighted by atomic mass is 35.5. The smallest absolute Gasteiger partial charge is 0.410 e. The first kappa shape index (κ1) is 33.9. The van der Waals surface area contributed by atoms with Crippen molar-refractivity contribution < 1.29 is 37.5 Å². The van der Waals surface area contributed by atoms with Crippen LogP contribution in [0.5, 0.6) is 0 Å². The average molecular weight is 706 g/mol. The largest absolute Gasteiger partial charge is 0.480 e. The van der Waals surface area contributed by atoms with Crippen molar-refractivity contribution in [2.75, 3.05) is 25.0 Å².